The van der Waals surface area contributed by atoms with Crippen LogP contribution in [-0.4, -0.2) is 32.2 Å². The van der Waals surface area contributed by atoms with Gasteiger partial charge >= 0.3 is 5.97 Å². The van der Waals surface area contributed by atoms with Crippen LogP contribution in [0.5, 0.6) is 0 Å². The zero-order valence-electron chi connectivity index (χ0n) is 9.43. The van der Waals surface area contributed by atoms with E-state index in [0.717, 1.165) is 0 Å². The Hall–Kier alpha value is -1.26. The molecular weight excluding hydrogens is 196 g/mol. The first-order valence-electron chi connectivity index (χ1n) is 4.95. The van der Waals surface area contributed by atoms with Gasteiger partial charge in [0.05, 0.1) is 7.11 Å². The largest absolute Gasteiger partial charge is 0.468 e. The van der Waals surface area contributed by atoms with Crippen molar-refractivity contribution in [3.05, 3.63) is 10.4 Å². The van der Waals surface area contributed by atoms with Gasteiger partial charge in [0.2, 0.25) is 0 Å². The van der Waals surface area contributed by atoms with Gasteiger partial charge in [0.1, 0.15) is 6.04 Å². The summed E-state index contributed by atoms with van der Waals surface area (Å²) in [5.74, 6) is -0.0781. The summed E-state index contributed by atoms with van der Waals surface area (Å²) in [6.07, 6.45) is 0.713. The number of hydrogen-bond acceptors (Lipinski definition) is 4. The first-order chi connectivity index (χ1) is 7.13. The second kappa shape index (κ2) is 8.08. The number of nitrogens with one attached hydrogen (secondary N) is 1. The van der Waals surface area contributed by atoms with E-state index < -0.39 is 0 Å². The summed E-state index contributed by atoms with van der Waals surface area (Å²) in [6, 6.07) is -0.291. The van der Waals surface area contributed by atoms with Crippen molar-refractivity contribution in [3.63, 3.8) is 0 Å². The van der Waals surface area contributed by atoms with Crippen LogP contribution in [0.25, 0.3) is 10.4 Å². The Labute approximate surface area is 89.6 Å². The van der Waals surface area contributed by atoms with Crippen LogP contribution in [0.4, 0.5) is 0 Å². The van der Waals surface area contributed by atoms with Crippen molar-refractivity contribution in [1.29, 1.82) is 0 Å². The van der Waals surface area contributed by atoms with Gasteiger partial charge in [0.15, 0.2) is 0 Å². The van der Waals surface area contributed by atoms with Crippen LogP contribution in [-0.2, 0) is 9.53 Å². The Morgan fingerprint density at radius 1 is 1.60 bits per heavy atom. The van der Waals surface area contributed by atoms with Crippen LogP contribution in [0.15, 0.2) is 5.11 Å². The lowest BCUT2D eigenvalue weighted by Crippen LogP contribution is -2.42. The minimum absolute atomic E-state index is 0.178. The number of methoxy groups -OCH3 is 1. The standard InChI is InChI=1S/C9H18N4O2/c1-7(2)8(9(14)15-3)11-5-4-6-12-13-10/h7-8,11H,4-6H2,1-3H3. The third kappa shape index (κ3) is 5.93. The molecule has 0 aliphatic carbocycles. The van der Waals surface area contributed by atoms with Gasteiger partial charge in [0.25, 0.3) is 0 Å². The molecule has 0 aromatic heterocycles. The zero-order valence-corrected chi connectivity index (χ0v) is 9.43. The molecule has 0 bridgehead atoms. The molecule has 0 spiro atoms. The summed E-state index contributed by atoms with van der Waals surface area (Å²) in [4.78, 5) is 14.0. The highest BCUT2D eigenvalue weighted by Gasteiger charge is 2.21. The quantitative estimate of drug-likeness (QED) is 0.229. The van der Waals surface area contributed by atoms with Crippen molar-refractivity contribution >= 4 is 5.97 Å². The summed E-state index contributed by atoms with van der Waals surface area (Å²) in [6.45, 7) is 4.97. The van der Waals surface area contributed by atoms with E-state index in [0.29, 0.717) is 19.5 Å². The lowest BCUT2D eigenvalue weighted by Gasteiger charge is -2.19. The lowest BCUT2D eigenvalue weighted by molar-refractivity contribution is -0.144. The molecule has 0 aliphatic rings. The highest BCUT2D eigenvalue weighted by atomic mass is 16.5. The van der Waals surface area contributed by atoms with Gasteiger partial charge in [-0.05, 0) is 24.4 Å². The van der Waals surface area contributed by atoms with Crippen molar-refractivity contribution in [2.75, 3.05) is 20.2 Å². The number of hydrogen-bond donors (Lipinski definition) is 1. The molecule has 86 valence electrons. The highest BCUT2D eigenvalue weighted by Crippen LogP contribution is 2.03. The minimum Gasteiger partial charge on any atom is -0.468 e. The average molecular weight is 214 g/mol. The van der Waals surface area contributed by atoms with Crippen LogP contribution in [0.3, 0.4) is 0 Å². The number of carbonyl (C=O) groups excluding carboxylic acids is 1. The van der Waals surface area contributed by atoms with E-state index in [1.165, 1.54) is 7.11 Å². The molecule has 0 saturated carbocycles. The Morgan fingerprint density at radius 3 is 2.73 bits per heavy atom. The molecule has 6 nitrogen and oxygen atoms in total. The molecule has 1 N–H and O–H groups in total. The van der Waals surface area contributed by atoms with E-state index >= 15 is 0 Å². The normalized spacial score (nSPS) is 12.0. The van der Waals surface area contributed by atoms with Crippen molar-refractivity contribution in [1.82, 2.24) is 5.32 Å². The second-order valence-electron chi connectivity index (χ2n) is 3.51. The second-order valence-corrected chi connectivity index (χ2v) is 3.51. The maximum atomic E-state index is 11.3. The van der Waals surface area contributed by atoms with Crippen LogP contribution >= 0.6 is 0 Å². The van der Waals surface area contributed by atoms with E-state index in [9.17, 15) is 4.79 Å². The third-order valence-corrected chi connectivity index (χ3v) is 1.98. The molecule has 0 heterocycles. The number of esters is 1. The Balaban J connectivity index is 3.86. The number of azide groups is 1. The fraction of sp³-hybridized carbons (Fsp3) is 0.889. The molecule has 0 amide bonds. The molecule has 0 rings (SSSR count). The average Bonchev–Trinajstić information content (AvgIpc) is 2.22. The van der Waals surface area contributed by atoms with E-state index in [2.05, 4.69) is 20.1 Å². The van der Waals surface area contributed by atoms with Gasteiger partial charge in [-0.1, -0.05) is 19.0 Å². The first-order valence-corrected chi connectivity index (χ1v) is 4.95. The summed E-state index contributed by atoms with van der Waals surface area (Å²) >= 11 is 0. The minimum atomic E-state index is -0.291. The summed E-state index contributed by atoms with van der Waals surface area (Å²) in [5, 5.41) is 6.47. The predicted octanol–water partition coefficient (Wildman–Crippen LogP) is 1.47. The fourth-order valence-corrected chi connectivity index (χ4v) is 1.17. The molecule has 0 radical (unpaired) electrons. The van der Waals surface area contributed by atoms with Crippen LogP contribution in [0.2, 0.25) is 0 Å². The highest BCUT2D eigenvalue weighted by molar-refractivity contribution is 5.75. The zero-order chi connectivity index (χ0) is 11.7. The molecule has 0 aliphatic heterocycles. The van der Waals surface area contributed by atoms with E-state index in [1.54, 1.807) is 0 Å². The number of ether oxygens (including phenoxy) is 1. The number of carbonyl (C=O) groups is 1. The number of nitrogens with zero attached hydrogens (tertiary/aromatic N) is 3. The van der Waals surface area contributed by atoms with Gasteiger partial charge in [0, 0.05) is 11.5 Å². The molecule has 6 heteroatoms. The van der Waals surface area contributed by atoms with Gasteiger partial charge < -0.3 is 10.1 Å². The third-order valence-electron chi connectivity index (χ3n) is 1.98. The summed E-state index contributed by atoms with van der Waals surface area (Å²) < 4.78 is 4.67. The van der Waals surface area contributed by atoms with Crippen LogP contribution < -0.4 is 5.32 Å². The first kappa shape index (κ1) is 13.7. The SMILES string of the molecule is COC(=O)C(NCCCN=[N+]=[N-])C(C)C. The fourth-order valence-electron chi connectivity index (χ4n) is 1.17. The maximum absolute atomic E-state index is 11.3. The van der Waals surface area contributed by atoms with Gasteiger partial charge in [-0.3, -0.25) is 4.79 Å². The Bertz CT molecular complexity index is 236. The monoisotopic (exact) mass is 214 g/mol. The van der Waals surface area contributed by atoms with Crippen LogP contribution in [0.1, 0.15) is 20.3 Å². The van der Waals surface area contributed by atoms with Gasteiger partial charge in [-0.25, -0.2) is 0 Å². The van der Waals surface area contributed by atoms with Crippen molar-refractivity contribution < 1.29 is 9.53 Å². The van der Waals surface area contributed by atoms with E-state index in [-0.39, 0.29) is 17.9 Å². The molecule has 0 saturated heterocycles. The maximum Gasteiger partial charge on any atom is 0.323 e. The molecular formula is C9H18N4O2. The molecule has 0 aromatic rings. The molecule has 0 fully saturated rings. The lowest BCUT2D eigenvalue weighted by atomic mass is 10.0. The molecule has 1 unspecified atom stereocenters. The number of rotatable bonds is 7. The topological polar surface area (TPSA) is 87.1 Å². The van der Waals surface area contributed by atoms with Gasteiger partial charge in [-0.15, -0.1) is 0 Å². The van der Waals surface area contributed by atoms with E-state index in [1.807, 2.05) is 13.8 Å². The molecule has 1 atom stereocenters. The summed E-state index contributed by atoms with van der Waals surface area (Å²) in [7, 11) is 1.37. The predicted molar refractivity (Wildman–Crippen MR) is 57.3 cm³/mol. The smallest absolute Gasteiger partial charge is 0.323 e. The van der Waals surface area contributed by atoms with Crippen molar-refractivity contribution in [2.24, 2.45) is 11.0 Å². The Morgan fingerprint density at radius 2 is 2.27 bits per heavy atom. The van der Waals surface area contributed by atoms with Gasteiger partial charge in [-0.2, -0.15) is 0 Å². The molecule has 15 heavy (non-hydrogen) atoms. The van der Waals surface area contributed by atoms with Crippen LogP contribution in [0, 0.1) is 5.92 Å². The van der Waals surface area contributed by atoms with Crippen molar-refractivity contribution in [2.45, 2.75) is 26.3 Å². The van der Waals surface area contributed by atoms with Crippen molar-refractivity contribution in [3.8, 4) is 0 Å². The Kier molecular flexibility index (Phi) is 7.40. The molecule has 0 aromatic carbocycles. The van der Waals surface area contributed by atoms with E-state index in [4.69, 9.17) is 5.53 Å². The summed E-state index contributed by atoms with van der Waals surface area (Å²) in [5.41, 5.74) is 8.05.